The summed E-state index contributed by atoms with van der Waals surface area (Å²) >= 11 is 0. The van der Waals surface area contributed by atoms with Crippen molar-refractivity contribution < 1.29 is 14.0 Å². The van der Waals surface area contributed by atoms with Gasteiger partial charge in [-0.25, -0.2) is 4.39 Å². The van der Waals surface area contributed by atoms with Gasteiger partial charge < -0.3 is 10.2 Å². The normalized spacial score (nSPS) is 11.1. The molecule has 5 heteroatoms. The fourth-order valence-corrected chi connectivity index (χ4v) is 1.95. The van der Waals surface area contributed by atoms with E-state index in [2.05, 4.69) is 5.32 Å². The molecule has 0 aliphatic carbocycles. The minimum absolute atomic E-state index is 0.0338. The van der Waals surface area contributed by atoms with Crippen LogP contribution in [0.2, 0.25) is 0 Å². The molecule has 0 fully saturated rings. The number of amides is 2. The first-order valence-corrected chi connectivity index (χ1v) is 6.54. The predicted molar refractivity (Wildman–Crippen MR) is 75.9 cm³/mol. The van der Waals surface area contributed by atoms with Crippen LogP contribution in [0.25, 0.3) is 0 Å². The zero-order valence-corrected chi connectivity index (χ0v) is 12.4. The summed E-state index contributed by atoms with van der Waals surface area (Å²) in [6, 6.07) is 5.34. The topological polar surface area (TPSA) is 49.4 Å². The van der Waals surface area contributed by atoms with Gasteiger partial charge in [-0.05, 0) is 45.0 Å². The van der Waals surface area contributed by atoms with E-state index in [1.807, 2.05) is 20.8 Å². The average Bonchev–Trinajstić information content (AvgIpc) is 2.33. The van der Waals surface area contributed by atoms with Gasteiger partial charge in [0.1, 0.15) is 5.82 Å². The number of rotatable bonds is 4. The second kappa shape index (κ2) is 6.50. The third kappa shape index (κ3) is 4.64. The molecule has 0 unspecified atom stereocenters. The van der Waals surface area contributed by atoms with Crippen LogP contribution in [-0.4, -0.2) is 35.3 Å². The Bertz CT molecular complexity index is 478. The van der Waals surface area contributed by atoms with Crippen molar-refractivity contribution in [3.05, 3.63) is 35.6 Å². The van der Waals surface area contributed by atoms with Crippen molar-refractivity contribution in [2.24, 2.45) is 0 Å². The molecule has 1 rings (SSSR count). The van der Waals surface area contributed by atoms with Crippen molar-refractivity contribution in [2.75, 3.05) is 13.1 Å². The molecule has 1 aromatic rings. The second-order valence-electron chi connectivity index (χ2n) is 5.60. The van der Waals surface area contributed by atoms with Gasteiger partial charge in [0.25, 0.3) is 5.91 Å². The number of halogens is 1. The molecule has 0 saturated heterocycles. The highest BCUT2D eigenvalue weighted by Crippen LogP contribution is 2.12. The standard InChI is InChI=1S/C15H21FN2O2/c1-11(19)18(15(2,3)4)10-9-17-14(20)12-5-7-13(16)8-6-12/h5-8H,9-10H2,1-4H3,(H,17,20). The van der Waals surface area contributed by atoms with E-state index in [1.165, 1.54) is 31.2 Å². The maximum Gasteiger partial charge on any atom is 0.251 e. The van der Waals surface area contributed by atoms with Crippen LogP contribution in [0, 0.1) is 5.82 Å². The molecule has 0 atom stereocenters. The number of benzene rings is 1. The van der Waals surface area contributed by atoms with Crippen molar-refractivity contribution in [2.45, 2.75) is 33.2 Å². The molecule has 0 bridgehead atoms. The van der Waals surface area contributed by atoms with E-state index in [0.717, 1.165) is 0 Å². The number of nitrogens with zero attached hydrogens (tertiary/aromatic N) is 1. The first kappa shape index (κ1) is 16.1. The minimum atomic E-state index is -0.378. The third-order valence-corrected chi connectivity index (χ3v) is 2.92. The van der Waals surface area contributed by atoms with Crippen molar-refractivity contribution in [1.82, 2.24) is 10.2 Å². The van der Waals surface area contributed by atoms with Crippen LogP contribution >= 0.6 is 0 Å². The molecule has 2 amide bonds. The Morgan fingerprint density at radius 2 is 1.75 bits per heavy atom. The maximum absolute atomic E-state index is 12.8. The summed E-state index contributed by atoms with van der Waals surface area (Å²) in [7, 11) is 0. The van der Waals surface area contributed by atoms with Gasteiger partial charge in [-0.1, -0.05) is 0 Å². The smallest absolute Gasteiger partial charge is 0.251 e. The summed E-state index contributed by atoms with van der Waals surface area (Å²) in [6.45, 7) is 8.12. The van der Waals surface area contributed by atoms with E-state index >= 15 is 0 Å². The van der Waals surface area contributed by atoms with Gasteiger partial charge >= 0.3 is 0 Å². The monoisotopic (exact) mass is 280 g/mol. The lowest BCUT2D eigenvalue weighted by atomic mass is 10.1. The molecule has 0 aromatic heterocycles. The second-order valence-corrected chi connectivity index (χ2v) is 5.60. The molecule has 0 heterocycles. The quantitative estimate of drug-likeness (QED) is 0.919. The van der Waals surface area contributed by atoms with Gasteiger partial charge in [0.15, 0.2) is 0 Å². The number of hydrogen-bond donors (Lipinski definition) is 1. The Morgan fingerprint density at radius 3 is 2.20 bits per heavy atom. The number of carbonyl (C=O) groups excluding carboxylic acids is 2. The van der Waals surface area contributed by atoms with E-state index in [9.17, 15) is 14.0 Å². The molecular formula is C15H21FN2O2. The molecule has 1 N–H and O–H groups in total. The summed E-state index contributed by atoms with van der Waals surface area (Å²) in [5, 5.41) is 2.72. The average molecular weight is 280 g/mol. The van der Waals surface area contributed by atoms with Crippen LogP contribution < -0.4 is 5.32 Å². The van der Waals surface area contributed by atoms with E-state index in [-0.39, 0.29) is 23.2 Å². The van der Waals surface area contributed by atoms with Crippen LogP contribution in [0.3, 0.4) is 0 Å². The van der Waals surface area contributed by atoms with E-state index in [4.69, 9.17) is 0 Å². The summed E-state index contributed by atoms with van der Waals surface area (Å²) in [5.41, 5.74) is 0.114. The van der Waals surface area contributed by atoms with Gasteiger partial charge in [-0.2, -0.15) is 0 Å². The van der Waals surface area contributed by atoms with Gasteiger partial charge in [-0.15, -0.1) is 0 Å². The molecule has 0 saturated carbocycles. The Hall–Kier alpha value is -1.91. The molecule has 20 heavy (non-hydrogen) atoms. The van der Waals surface area contributed by atoms with Crippen molar-refractivity contribution in [3.8, 4) is 0 Å². The Kier molecular flexibility index (Phi) is 5.25. The van der Waals surface area contributed by atoms with Crippen LogP contribution in [0.4, 0.5) is 4.39 Å². The maximum atomic E-state index is 12.8. The molecule has 1 aromatic carbocycles. The molecule has 0 aliphatic heterocycles. The zero-order valence-electron chi connectivity index (χ0n) is 12.4. The Morgan fingerprint density at radius 1 is 1.20 bits per heavy atom. The fraction of sp³-hybridized carbons (Fsp3) is 0.467. The van der Waals surface area contributed by atoms with Gasteiger partial charge in [0.05, 0.1) is 0 Å². The van der Waals surface area contributed by atoms with Crippen LogP contribution in [0.5, 0.6) is 0 Å². The molecule has 0 spiro atoms. The molecule has 4 nitrogen and oxygen atoms in total. The summed E-state index contributed by atoms with van der Waals surface area (Å²) in [4.78, 5) is 25.1. The highest BCUT2D eigenvalue weighted by atomic mass is 19.1. The minimum Gasteiger partial charge on any atom is -0.350 e. The molecule has 0 radical (unpaired) electrons. The van der Waals surface area contributed by atoms with E-state index in [1.54, 1.807) is 4.90 Å². The zero-order chi connectivity index (χ0) is 15.3. The molecular weight excluding hydrogens is 259 g/mol. The first-order chi connectivity index (χ1) is 9.21. The Balaban J connectivity index is 2.53. The lowest BCUT2D eigenvalue weighted by Crippen LogP contribution is -2.48. The summed E-state index contributed by atoms with van der Waals surface area (Å²) in [5.74, 6) is -0.687. The van der Waals surface area contributed by atoms with Gasteiger partial charge in [-0.3, -0.25) is 9.59 Å². The summed E-state index contributed by atoms with van der Waals surface area (Å²) < 4.78 is 12.8. The van der Waals surface area contributed by atoms with Crippen LogP contribution in [-0.2, 0) is 4.79 Å². The Labute approximate surface area is 119 Å². The lowest BCUT2D eigenvalue weighted by molar-refractivity contribution is -0.133. The third-order valence-electron chi connectivity index (χ3n) is 2.92. The van der Waals surface area contributed by atoms with Crippen molar-refractivity contribution in [1.29, 1.82) is 0 Å². The number of hydrogen-bond acceptors (Lipinski definition) is 2. The van der Waals surface area contributed by atoms with Gasteiger partial charge in [0, 0.05) is 31.1 Å². The van der Waals surface area contributed by atoms with E-state index in [0.29, 0.717) is 18.7 Å². The fourth-order valence-electron chi connectivity index (χ4n) is 1.95. The predicted octanol–water partition coefficient (Wildman–Crippen LogP) is 2.20. The lowest BCUT2D eigenvalue weighted by Gasteiger charge is -2.35. The van der Waals surface area contributed by atoms with Crippen LogP contribution in [0.15, 0.2) is 24.3 Å². The van der Waals surface area contributed by atoms with Crippen molar-refractivity contribution in [3.63, 3.8) is 0 Å². The summed E-state index contributed by atoms with van der Waals surface area (Å²) in [6.07, 6.45) is 0. The first-order valence-electron chi connectivity index (χ1n) is 6.54. The highest BCUT2D eigenvalue weighted by molar-refractivity contribution is 5.94. The highest BCUT2D eigenvalue weighted by Gasteiger charge is 2.23. The van der Waals surface area contributed by atoms with Crippen LogP contribution in [0.1, 0.15) is 38.1 Å². The van der Waals surface area contributed by atoms with E-state index < -0.39 is 0 Å². The molecule has 110 valence electrons. The molecule has 0 aliphatic rings. The number of nitrogens with one attached hydrogen (secondary N) is 1. The largest absolute Gasteiger partial charge is 0.350 e. The van der Waals surface area contributed by atoms with Gasteiger partial charge in [0.2, 0.25) is 5.91 Å². The SMILES string of the molecule is CC(=O)N(CCNC(=O)c1ccc(F)cc1)C(C)(C)C. The number of carbonyl (C=O) groups is 2. The van der Waals surface area contributed by atoms with Crippen molar-refractivity contribution >= 4 is 11.8 Å².